The van der Waals surface area contributed by atoms with Crippen molar-refractivity contribution in [2.24, 2.45) is 11.3 Å². The number of fused-ring (bicyclic) bond motifs is 1. The molecular weight excluding hydrogens is 426 g/mol. The quantitative estimate of drug-likeness (QED) is 0.635. The number of likely N-dealkylation sites (tertiary alicyclic amines) is 1. The van der Waals surface area contributed by atoms with Crippen molar-refractivity contribution in [3.05, 3.63) is 42.2 Å². The predicted molar refractivity (Wildman–Crippen MR) is 133 cm³/mol. The van der Waals surface area contributed by atoms with Gasteiger partial charge in [-0.3, -0.25) is 4.79 Å². The molecule has 1 aromatic carbocycles. The first-order chi connectivity index (χ1) is 16.3. The van der Waals surface area contributed by atoms with Crippen molar-refractivity contribution in [1.82, 2.24) is 24.3 Å². The van der Waals surface area contributed by atoms with Crippen LogP contribution in [0.5, 0.6) is 0 Å². The van der Waals surface area contributed by atoms with Crippen molar-refractivity contribution in [3.63, 3.8) is 0 Å². The van der Waals surface area contributed by atoms with E-state index in [2.05, 4.69) is 56.0 Å². The van der Waals surface area contributed by atoms with E-state index in [1.807, 2.05) is 12.3 Å². The Labute approximate surface area is 199 Å². The number of benzene rings is 1. The third-order valence-electron chi connectivity index (χ3n) is 8.40. The van der Waals surface area contributed by atoms with Gasteiger partial charge in [-0.1, -0.05) is 0 Å². The molecule has 2 aliphatic heterocycles. The first kappa shape index (κ1) is 20.3. The van der Waals surface area contributed by atoms with Crippen LogP contribution in [0.15, 0.2) is 36.5 Å². The molecule has 0 unspecified atom stereocenters. The van der Waals surface area contributed by atoms with E-state index in [9.17, 15) is 4.79 Å². The molecule has 8 heteroatoms. The number of hydrogen-bond acceptors (Lipinski definition) is 6. The van der Waals surface area contributed by atoms with Crippen LogP contribution in [0, 0.1) is 11.3 Å². The molecule has 5 aliphatic rings. The highest BCUT2D eigenvalue weighted by atomic mass is 16.2. The van der Waals surface area contributed by atoms with E-state index < -0.39 is 0 Å². The number of rotatable bonds is 5. The summed E-state index contributed by atoms with van der Waals surface area (Å²) in [5, 5.41) is 4.30. The van der Waals surface area contributed by atoms with E-state index in [-0.39, 0.29) is 11.4 Å². The summed E-state index contributed by atoms with van der Waals surface area (Å²) in [4.78, 5) is 28.9. The zero-order chi connectivity index (χ0) is 23.2. The highest BCUT2D eigenvalue weighted by Gasteiger charge is 2.59. The minimum absolute atomic E-state index is 0.0224. The van der Waals surface area contributed by atoms with E-state index in [1.165, 1.54) is 18.8 Å². The Morgan fingerprint density at radius 1 is 1.09 bits per heavy atom. The van der Waals surface area contributed by atoms with Gasteiger partial charge in [-0.15, -0.1) is 0 Å². The van der Waals surface area contributed by atoms with Gasteiger partial charge in [0.05, 0.1) is 0 Å². The van der Waals surface area contributed by atoms with Gasteiger partial charge in [0, 0.05) is 74.2 Å². The van der Waals surface area contributed by atoms with Crippen molar-refractivity contribution >= 4 is 34.3 Å². The van der Waals surface area contributed by atoms with E-state index in [1.54, 1.807) is 19.0 Å². The van der Waals surface area contributed by atoms with Gasteiger partial charge in [0.1, 0.15) is 11.3 Å². The van der Waals surface area contributed by atoms with Crippen molar-refractivity contribution in [1.29, 1.82) is 0 Å². The number of carbonyl (C=O) groups excluding carboxylic acids is 1. The number of nitrogens with zero attached hydrogens (tertiary/aromatic N) is 6. The summed E-state index contributed by atoms with van der Waals surface area (Å²) in [6.07, 6.45) is 5.27. The fourth-order valence-electron chi connectivity index (χ4n) is 6.75. The zero-order valence-corrected chi connectivity index (χ0v) is 20.1. The molecule has 3 saturated carbocycles. The molecule has 0 atom stereocenters. The maximum Gasteiger partial charge on any atom is 0.270 e. The molecule has 34 heavy (non-hydrogen) atoms. The largest absolute Gasteiger partial charge is 0.370 e. The summed E-state index contributed by atoms with van der Waals surface area (Å²) in [6, 6.07) is 10.5. The number of aromatic nitrogens is 3. The Morgan fingerprint density at radius 2 is 1.79 bits per heavy atom. The minimum atomic E-state index is 0.0224. The van der Waals surface area contributed by atoms with Crippen LogP contribution in [0.1, 0.15) is 29.8 Å². The second-order valence-electron chi connectivity index (χ2n) is 11.4. The Morgan fingerprint density at radius 3 is 2.38 bits per heavy atom. The summed E-state index contributed by atoms with van der Waals surface area (Å²) >= 11 is 0. The first-order valence-electron chi connectivity index (χ1n) is 12.2. The SMILES string of the molecule is CN1CC2(C1)CN(c1ccc(Nc3ncc4cc(C(=O)N(C)C)n(C56CC(C5)C6)c4n3)cc1)C2. The Hall–Kier alpha value is -3.13. The summed E-state index contributed by atoms with van der Waals surface area (Å²) in [7, 11) is 5.80. The lowest BCUT2D eigenvalue weighted by Crippen LogP contribution is -2.71. The Balaban J connectivity index is 1.14. The second kappa shape index (κ2) is 6.72. The van der Waals surface area contributed by atoms with Crippen molar-refractivity contribution in [2.75, 3.05) is 57.5 Å². The average molecular weight is 458 g/mol. The maximum absolute atomic E-state index is 12.9. The predicted octanol–water partition coefficient (Wildman–Crippen LogP) is 3.14. The lowest BCUT2D eigenvalue weighted by molar-refractivity contribution is -0.0870. The van der Waals surface area contributed by atoms with Crippen LogP contribution in [-0.4, -0.2) is 77.6 Å². The lowest BCUT2D eigenvalue weighted by Gasteiger charge is -2.62. The van der Waals surface area contributed by atoms with Gasteiger partial charge < -0.3 is 24.6 Å². The van der Waals surface area contributed by atoms with E-state index in [0.717, 1.165) is 60.7 Å². The molecule has 1 spiro atoms. The zero-order valence-electron chi connectivity index (χ0n) is 20.1. The van der Waals surface area contributed by atoms with Crippen molar-refractivity contribution in [2.45, 2.75) is 24.8 Å². The van der Waals surface area contributed by atoms with E-state index >= 15 is 0 Å². The van der Waals surface area contributed by atoms with E-state index in [0.29, 0.717) is 11.4 Å². The fourth-order valence-corrected chi connectivity index (χ4v) is 6.75. The Kier molecular flexibility index (Phi) is 4.00. The third kappa shape index (κ3) is 2.84. The van der Waals surface area contributed by atoms with E-state index in [4.69, 9.17) is 4.98 Å². The molecule has 1 amide bonds. The number of amides is 1. The normalized spacial score (nSPS) is 26.4. The summed E-state index contributed by atoms with van der Waals surface area (Å²) in [5.74, 6) is 1.40. The molecule has 2 saturated heterocycles. The molecule has 176 valence electrons. The molecule has 0 radical (unpaired) electrons. The van der Waals surface area contributed by atoms with Gasteiger partial charge in [0.2, 0.25) is 5.95 Å². The second-order valence-corrected chi connectivity index (χ2v) is 11.4. The highest BCUT2D eigenvalue weighted by molar-refractivity contribution is 5.98. The summed E-state index contributed by atoms with van der Waals surface area (Å²) < 4.78 is 2.21. The van der Waals surface area contributed by atoms with Gasteiger partial charge in [-0.2, -0.15) is 4.98 Å². The lowest BCUT2D eigenvalue weighted by atomic mass is 9.49. The molecule has 3 aliphatic carbocycles. The number of anilines is 3. The topological polar surface area (TPSA) is 69.5 Å². The molecule has 3 aromatic rings. The molecule has 2 bridgehead atoms. The summed E-state index contributed by atoms with van der Waals surface area (Å²) in [5.41, 5.74) is 4.40. The molecule has 8 rings (SSSR count). The van der Waals surface area contributed by atoms with Gasteiger partial charge in [0.25, 0.3) is 5.91 Å². The van der Waals surface area contributed by atoms with Gasteiger partial charge in [-0.05, 0) is 62.6 Å². The molecule has 1 N–H and O–H groups in total. The maximum atomic E-state index is 12.9. The third-order valence-corrected chi connectivity index (χ3v) is 8.40. The molecule has 4 heterocycles. The van der Waals surface area contributed by atoms with Crippen LogP contribution in [0.25, 0.3) is 11.0 Å². The fraction of sp³-hybridized carbons (Fsp3) is 0.500. The molecular formula is C26H31N7O. The molecule has 2 aromatic heterocycles. The van der Waals surface area contributed by atoms with Gasteiger partial charge >= 0.3 is 0 Å². The molecule has 8 nitrogen and oxygen atoms in total. The van der Waals surface area contributed by atoms with Crippen molar-refractivity contribution in [3.8, 4) is 0 Å². The summed E-state index contributed by atoms with van der Waals surface area (Å²) in [6.45, 7) is 4.73. The van der Waals surface area contributed by atoms with Crippen molar-refractivity contribution < 1.29 is 4.79 Å². The van der Waals surface area contributed by atoms with Crippen LogP contribution in [0.2, 0.25) is 0 Å². The minimum Gasteiger partial charge on any atom is -0.370 e. The van der Waals surface area contributed by atoms with Crippen LogP contribution in [-0.2, 0) is 5.54 Å². The molecule has 5 fully saturated rings. The average Bonchev–Trinajstić information content (AvgIpc) is 3.06. The van der Waals surface area contributed by atoms with Gasteiger partial charge in [-0.25, -0.2) is 4.98 Å². The number of carbonyl (C=O) groups is 1. The number of hydrogen-bond donors (Lipinski definition) is 1. The number of nitrogens with one attached hydrogen (secondary N) is 1. The van der Waals surface area contributed by atoms with Gasteiger partial charge in [0.15, 0.2) is 0 Å². The smallest absolute Gasteiger partial charge is 0.270 e. The standard InChI is InChI=1S/C26H31N7O/c1-30(2)23(34)21-8-18-12-27-24(29-22(18)33(21)26-9-17(10-26)11-26)28-19-4-6-20(7-5-19)32-15-25(16-32)13-31(3)14-25/h4-8,12,17H,9-11,13-16H2,1-3H3,(H,27,28,29). The monoisotopic (exact) mass is 457 g/mol. The first-order valence-corrected chi connectivity index (χ1v) is 12.2. The Bertz CT molecular complexity index is 1280. The van der Waals surface area contributed by atoms with Crippen LogP contribution in [0.3, 0.4) is 0 Å². The highest BCUT2D eigenvalue weighted by Crippen LogP contribution is 2.63. The van der Waals surface area contributed by atoms with Crippen LogP contribution in [0.4, 0.5) is 17.3 Å². The van der Waals surface area contributed by atoms with Crippen LogP contribution < -0.4 is 10.2 Å². The van der Waals surface area contributed by atoms with Crippen LogP contribution >= 0.6 is 0 Å².